The first kappa shape index (κ1) is 12.9. The number of nitrogen functional groups attached to an aromatic ring is 1. The van der Waals surface area contributed by atoms with Gasteiger partial charge < -0.3 is 15.7 Å². The van der Waals surface area contributed by atoms with Crippen LogP contribution in [0.2, 0.25) is 0 Å². The SMILES string of the molecule is Cc1cccc(N(C)c2ncc(N)cc2C(=O)O)c1. The number of carbonyl (C=O) groups is 1. The van der Waals surface area contributed by atoms with E-state index < -0.39 is 5.97 Å². The third-order valence-corrected chi connectivity index (χ3v) is 2.82. The molecule has 0 radical (unpaired) electrons. The largest absolute Gasteiger partial charge is 0.478 e. The van der Waals surface area contributed by atoms with Gasteiger partial charge in [0.2, 0.25) is 0 Å². The number of aryl methyl sites for hydroxylation is 1. The van der Waals surface area contributed by atoms with E-state index in [4.69, 9.17) is 5.73 Å². The van der Waals surface area contributed by atoms with Crippen LogP contribution in [-0.2, 0) is 0 Å². The number of nitrogens with zero attached hydrogens (tertiary/aromatic N) is 2. The van der Waals surface area contributed by atoms with Crippen LogP contribution >= 0.6 is 0 Å². The van der Waals surface area contributed by atoms with Gasteiger partial charge in [0, 0.05) is 12.7 Å². The zero-order chi connectivity index (χ0) is 14.0. The quantitative estimate of drug-likeness (QED) is 0.882. The molecule has 0 atom stereocenters. The predicted octanol–water partition coefficient (Wildman–Crippen LogP) is 2.44. The van der Waals surface area contributed by atoms with Crippen molar-refractivity contribution in [2.24, 2.45) is 0 Å². The lowest BCUT2D eigenvalue weighted by Crippen LogP contribution is -2.16. The van der Waals surface area contributed by atoms with Gasteiger partial charge >= 0.3 is 5.97 Å². The van der Waals surface area contributed by atoms with Gasteiger partial charge in [-0.15, -0.1) is 0 Å². The zero-order valence-electron chi connectivity index (χ0n) is 10.8. The number of aromatic carboxylic acids is 1. The Morgan fingerprint density at radius 3 is 2.74 bits per heavy atom. The maximum absolute atomic E-state index is 11.3. The highest BCUT2D eigenvalue weighted by molar-refractivity contribution is 5.95. The number of hydrogen-bond donors (Lipinski definition) is 2. The van der Waals surface area contributed by atoms with Crippen LogP contribution < -0.4 is 10.6 Å². The number of hydrogen-bond acceptors (Lipinski definition) is 4. The number of carboxylic acid groups (broad SMARTS) is 1. The molecular weight excluding hydrogens is 242 g/mol. The summed E-state index contributed by atoms with van der Waals surface area (Å²) in [5, 5.41) is 9.22. The Balaban J connectivity index is 2.49. The van der Waals surface area contributed by atoms with Gasteiger partial charge in [-0.25, -0.2) is 9.78 Å². The van der Waals surface area contributed by atoms with Crippen LogP contribution in [0.3, 0.4) is 0 Å². The average Bonchev–Trinajstić information content (AvgIpc) is 2.37. The van der Waals surface area contributed by atoms with Crippen LogP contribution in [-0.4, -0.2) is 23.1 Å². The lowest BCUT2D eigenvalue weighted by atomic mass is 10.2. The minimum absolute atomic E-state index is 0.0870. The molecule has 2 rings (SSSR count). The van der Waals surface area contributed by atoms with E-state index in [0.717, 1.165) is 11.3 Å². The fourth-order valence-corrected chi connectivity index (χ4v) is 1.86. The molecular formula is C14H15N3O2. The first-order chi connectivity index (χ1) is 8.99. The fourth-order valence-electron chi connectivity index (χ4n) is 1.86. The number of benzene rings is 1. The minimum Gasteiger partial charge on any atom is -0.478 e. The highest BCUT2D eigenvalue weighted by Gasteiger charge is 2.16. The van der Waals surface area contributed by atoms with Gasteiger partial charge in [-0.2, -0.15) is 0 Å². The lowest BCUT2D eigenvalue weighted by Gasteiger charge is -2.20. The summed E-state index contributed by atoms with van der Waals surface area (Å²) >= 11 is 0. The topological polar surface area (TPSA) is 79.5 Å². The first-order valence-electron chi connectivity index (χ1n) is 5.78. The molecule has 0 aliphatic heterocycles. The molecule has 0 unspecified atom stereocenters. The minimum atomic E-state index is -1.05. The summed E-state index contributed by atoms with van der Waals surface area (Å²) in [5.74, 6) is -0.679. The molecule has 19 heavy (non-hydrogen) atoms. The van der Waals surface area contributed by atoms with Crippen LogP contribution in [0, 0.1) is 6.92 Å². The van der Waals surface area contributed by atoms with E-state index >= 15 is 0 Å². The van der Waals surface area contributed by atoms with Crippen molar-refractivity contribution in [2.75, 3.05) is 17.7 Å². The van der Waals surface area contributed by atoms with Crippen molar-refractivity contribution in [2.45, 2.75) is 6.92 Å². The maximum atomic E-state index is 11.3. The Labute approximate surface area is 111 Å². The molecule has 0 saturated carbocycles. The van der Waals surface area contributed by atoms with Gasteiger partial charge in [-0.05, 0) is 30.7 Å². The standard InChI is InChI=1S/C14H15N3O2/c1-9-4-3-5-11(6-9)17(2)13-12(14(18)19)7-10(15)8-16-13/h3-8H,15H2,1-2H3,(H,18,19). The maximum Gasteiger partial charge on any atom is 0.339 e. The molecule has 0 aliphatic rings. The molecule has 1 heterocycles. The summed E-state index contributed by atoms with van der Waals surface area (Å²) in [6.45, 7) is 1.98. The highest BCUT2D eigenvalue weighted by Crippen LogP contribution is 2.26. The Hall–Kier alpha value is -2.56. The van der Waals surface area contributed by atoms with Crippen LogP contribution in [0.1, 0.15) is 15.9 Å². The second kappa shape index (κ2) is 4.97. The van der Waals surface area contributed by atoms with Crippen molar-refractivity contribution in [3.8, 4) is 0 Å². The molecule has 0 spiro atoms. The average molecular weight is 257 g/mol. The van der Waals surface area contributed by atoms with Gasteiger partial charge in [0.1, 0.15) is 11.4 Å². The third-order valence-electron chi connectivity index (χ3n) is 2.82. The highest BCUT2D eigenvalue weighted by atomic mass is 16.4. The van der Waals surface area contributed by atoms with E-state index in [1.807, 2.05) is 31.2 Å². The number of nitrogens with two attached hydrogens (primary N) is 1. The van der Waals surface area contributed by atoms with E-state index in [9.17, 15) is 9.90 Å². The van der Waals surface area contributed by atoms with Crippen molar-refractivity contribution in [1.82, 2.24) is 4.98 Å². The molecule has 2 aromatic rings. The summed E-state index contributed by atoms with van der Waals surface area (Å²) in [4.78, 5) is 17.1. The van der Waals surface area contributed by atoms with Crippen molar-refractivity contribution < 1.29 is 9.90 Å². The van der Waals surface area contributed by atoms with Gasteiger partial charge in [-0.1, -0.05) is 12.1 Å². The number of pyridine rings is 1. The first-order valence-corrected chi connectivity index (χ1v) is 5.78. The van der Waals surface area contributed by atoms with Crippen molar-refractivity contribution in [3.63, 3.8) is 0 Å². The summed E-state index contributed by atoms with van der Waals surface area (Å²) in [6.07, 6.45) is 1.45. The number of carboxylic acids is 1. The van der Waals surface area contributed by atoms with E-state index in [1.54, 1.807) is 11.9 Å². The van der Waals surface area contributed by atoms with Crippen molar-refractivity contribution in [1.29, 1.82) is 0 Å². The Bertz CT molecular complexity index is 626. The monoisotopic (exact) mass is 257 g/mol. The zero-order valence-corrected chi connectivity index (χ0v) is 10.8. The van der Waals surface area contributed by atoms with E-state index in [-0.39, 0.29) is 5.56 Å². The smallest absolute Gasteiger partial charge is 0.339 e. The number of anilines is 3. The Morgan fingerprint density at radius 1 is 1.37 bits per heavy atom. The number of aromatic nitrogens is 1. The molecule has 0 fully saturated rings. The normalized spacial score (nSPS) is 10.2. The van der Waals surface area contributed by atoms with Crippen LogP contribution in [0.25, 0.3) is 0 Å². The molecule has 1 aromatic heterocycles. The number of rotatable bonds is 3. The van der Waals surface area contributed by atoms with Crippen molar-refractivity contribution in [3.05, 3.63) is 47.7 Å². The Morgan fingerprint density at radius 2 is 2.11 bits per heavy atom. The molecule has 5 nitrogen and oxygen atoms in total. The van der Waals surface area contributed by atoms with Gasteiger partial charge in [-0.3, -0.25) is 0 Å². The summed E-state index contributed by atoms with van der Waals surface area (Å²) in [6, 6.07) is 9.17. The molecule has 0 amide bonds. The van der Waals surface area contributed by atoms with E-state index in [0.29, 0.717) is 11.5 Å². The molecule has 1 aromatic carbocycles. The van der Waals surface area contributed by atoms with Crippen molar-refractivity contribution >= 4 is 23.2 Å². The van der Waals surface area contributed by atoms with Crippen LogP contribution in [0.4, 0.5) is 17.2 Å². The second-order valence-electron chi connectivity index (χ2n) is 4.34. The van der Waals surface area contributed by atoms with Gasteiger partial charge in [0.15, 0.2) is 0 Å². The molecule has 3 N–H and O–H groups in total. The Kier molecular flexibility index (Phi) is 3.37. The van der Waals surface area contributed by atoms with Crippen LogP contribution in [0.15, 0.2) is 36.5 Å². The molecule has 5 heteroatoms. The summed E-state index contributed by atoms with van der Waals surface area (Å²) < 4.78 is 0. The summed E-state index contributed by atoms with van der Waals surface area (Å²) in [7, 11) is 1.78. The second-order valence-corrected chi connectivity index (χ2v) is 4.34. The van der Waals surface area contributed by atoms with E-state index in [1.165, 1.54) is 12.3 Å². The van der Waals surface area contributed by atoms with E-state index in [2.05, 4.69) is 4.98 Å². The predicted molar refractivity (Wildman–Crippen MR) is 74.9 cm³/mol. The third kappa shape index (κ3) is 2.65. The van der Waals surface area contributed by atoms with Gasteiger partial charge in [0.25, 0.3) is 0 Å². The van der Waals surface area contributed by atoms with Crippen LogP contribution in [0.5, 0.6) is 0 Å². The molecule has 0 aliphatic carbocycles. The summed E-state index contributed by atoms with van der Waals surface area (Å²) in [5.41, 5.74) is 7.97. The molecule has 0 saturated heterocycles. The fraction of sp³-hybridized carbons (Fsp3) is 0.143. The molecule has 98 valence electrons. The van der Waals surface area contributed by atoms with Gasteiger partial charge in [0.05, 0.1) is 11.9 Å². The molecule has 0 bridgehead atoms. The lowest BCUT2D eigenvalue weighted by molar-refractivity contribution is 0.0697.